The van der Waals surface area contributed by atoms with E-state index < -0.39 is 40.2 Å². The third kappa shape index (κ3) is 8.30. The van der Waals surface area contributed by atoms with Crippen LogP contribution in [0.4, 0.5) is 10.1 Å². The lowest BCUT2D eigenvalue weighted by Crippen LogP contribution is -2.54. The molecule has 0 spiro atoms. The van der Waals surface area contributed by atoms with E-state index in [4.69, 9.17) is 0 Å². The second-order valence-electron chi connectivity index (χ2n) is 10.3. The maximum Gasteiger partial charge on any atom is 0.264 e. The molecule has 0 aliphatic heterocycles. The number of carbonyl (C=O) groups is 2. The highest BCUT2D eigenvalue weighted by Gasteiger charge is 2.35. The Morgan fingerprint density at radius 3 is 2.02 bits per heavy atom. The van der Waals surface area contributed by atoms with Crippen LogP contribution in [0.15, 0.2) is 119 Å². The van der Waals surface area contributed by atoms with Gasteiger partial charge in [0.15, 0.2) is 0 Å². The second-order valence-corrected chi connectivity index (χ2v) is 13.1. The van der Waals surface area contributed by atoms with E-state index in [2.05, 4.69) is 21.2 Å². The average molecular weight is 667 g/mol. The first kappa shape index (κ1) is 31.9. The van der Waals surface area contributed by atoms with Crippen LogP contribution in [0.25, 0.3) is 0 Å². The van der Waals surface area contributed by atoms with E-state index in [1.54, 1.807) is 60.7 Å². The molecule has 7 nitrogen and oxygen atoms in total. The van der Waals surface area contributed by atoms with Crippen molar-refractivity contribution in [2.75, 3.05) is 10.8 Å². The Morgan fingerprint density at radius 2 is 1.42 bits per heavy atom. The summed E-state index contributed by atoms with van der Waals surface area (Å²) in [6, 6.07) is 28.3. The summed E-state index contributed by atoms with van der Waals surface area (Å²) in [4.78, 5) is 29.3. The van der Waals surface area contributed by atoms with Gasteiger partial charge in [0.25, 0.3) is 10.0 Å². The predicted octanol–water partition coefficient (Wildman–Crippen LogP) is 5.95. The van der Waals surface area contributed by atoms with Gasteiger partial charge in [-0.25, -0.2) is 12.8 Å². The number of anilines is 1. The largest absolute Gasteiger partial charge is 0.352 e. The van der Waals surface area contributed by atoms with Crippen molar-refractivity contribution in [2.45, 2.75) is 43.8 Å². The number of carbonyl (C=O) groups excluding carboxylic acids is 2. The highest BCUT2D eigenvalue weighted by atomic mass is 79.9. The van der Waals surface area contributed by atoms with Crippen molar-refractivity contribution in [3.63, 3.8) is 0 Å². The Balaban J connectivity index is 1.80. The third-order valence-electron chi connectivity index (χ3n) is 6.73. The Bertz CT molecular complexity index is 1640. The van der Waals surface area contributed by atoms with Crippen LogP contribution < -0.4 is 9.62 Å². The summed E-state index contributed by atoms with van der Waals surface area (Å²) in [5.74, 6) is -1.63. The van der Waals surface area contributed by atoms with Crippen molar-refractivity contribution in [3.05, 3.63) is 131 Å². The van der Waals surface area contributed by atoms with E-state index in [-0.39, 0.29) is 35.2 Å². The SMILES string of the molecule is CC(C)NC(=O)C(Cc1ccccc1)N(Cc1ccccc1F)C(=O)CN(c1ccc(Br)cc1)S(=O)(=O)c1ccccc1. The Labute approximate surface area is 260 Å². The van der Waals surface area contributed by atoms with Gasteiger partial charge in [-0.15, -0.1) is 0 Å². The van der Waals surface area contributed by atoms with Crippen molar-refractivity contribution in [1.82, 2.24) is 10.2 Å². The fourth-order valence-corrected chi connectivity index (χ4v) is 6.30. The minimum absolute atomic E-state index is 0.00441. The molecule has 0 saturated carbocycles. The quantitative estimate of drug-likeness (QED) is 0.203. The number of benzene rings is 4. The maximum atomic E-state index is 14.9. The van der Waals surface area contributed by atoms with Crippen LogP contribution in [0.3, 0.4) is 0 Å². The van der Waals surface area contributed by atoms with Crippen molar-refractivity contribution in [1.29, 1.82) is 0 Å². The van der Waals surface area contributed by atoms with Crippen LogP contribution >= 0.6 is 15.9 Å². The topological polar surface area (TPSA) is 86.8 Å². The number of halogens is 2. The van der Waals surface area contributed by atoms with Crippen molar-refractivity contribution in [2.24, 2.45) is 0 Å². The molecule has 10 heteroatoms. The summed E-state index contributed by atoms with van der Waals surface area (Å²) in [6.07, 6.45) is 0.142. The minimum atomic E-state index is -4.20. The number of rotatable bonds is 12. The molecule has 1 N–H and O–H groups in total. The van der Waals surface area contributed by atoms with Gasteiger partial charge in [0.2, 0.25) is 11.8 Å². The van der Waals surface area contributed by atoms with Crippen LogP contribution in [0, 0.1) is 5.82 Å². The van der Waals surface area contributed by atoms with Crippen LogP contribution in [0.1, 0.15) is 25.0 Å². The third-order valence-corrected chi connectivity index (χ3v) is 9.04. The molecule has 0 radical (unpaired) electrons. The average Bonchev–Trinajstić information content (AvgIpc) is 2.99. The Kier molecular flexibility index (Phi) is 10.7. The highest BCUT2D eigenvalue weighted by molar-refractivity contribution is 9.10. The number of nitrogens with zero attached hydrogens (tertiary/aromatic N) is 2. The monoisotopic (exact) mass is 665 g/mol. The first-order valence-corrected chi connectivity index (χ1v) is 16.0. The van der Waals surface area contributed by atoms with E-state index in [1.807, 2.05) is 44.2 Å². The van der Waals surface area contributed by atoms with Gasteiger partial charge in [-0.1, -0.05) is 82.7 Å². The lowest BCUT2D eigenvalue weighted by molar-refractivity contribution is -0.140. The number of amides is 2. The molecule has 0 aliphatic carbocycles. The second kappa shape index (κ2) is 14.4. The number of hydrogen-bond donors (Lipinski definition) is 1. The van der Waals surface area contributed by atoms with Gasteiger partial charge in [0, 0.05) is 29.0 Å². The summed E-state index contributed by atoms with van der Waals surface area (Å²) in [5, 5.41) is 2.88. The standard InChI is InChI=1S/C33H33BrFN3O4S/c1-24(2)36-33(40)31(21-25-11-5-3-6-12-25)37(22-26-13-9-10-16-30(26)35)32(39)23-38(28-19-17-27(34)18-20-28)43(41,42)29-14-7-4-8-15-29/h3-20,24,31H,21-23H2,1-2H3,(H,36,40). The number of sulfonamides is 1. The summed E-state index contributed by atoms with van der Waals surface area (Å²) in [6.45, 7) is 2.76. The van der Waals surface area contributed by atoms with Gasteiger partial charge >= 0.3 is 0 Å². The van der Waals surface area contributed by atoms with Gasteiger partial charge in [-0.05, 0) is 61.9 Å². The molecule has 4 aromatic carbocycles. The first-order valence-electron chi connectivity index (χ1n) is 13.8. The van der Waals surface area contributed by atoms with Gasteiger partial charge in [0.1, 0.15) is 18.4 Å². The number of hydrogen-bond acceptors (Lipinski definition) is 4. The highest BCUT2D eigenvalue weighted by Crippen LogP contribution is 2.26. The zero-order chi connectivity index (χ0) is 31.0. The smallest absolute Gasteiger partial charge is 0.264 e. The van der Waals surface area contributed by atoms with Crippen molar-refractivity contribution in [3.8, 4) is 0 Å². The molecule has 224 valence electrons. The molecule has 0 bridgehead atoms. The summed E-state index contributed by atoms with van der Waals surface area (Å²) in [7, 11) is -4.20. The molecule has 2 amide bonds. The van der Waals surface area contributed by atoms with Crippen LogP contribution in [-0.4, -0.2) is 43.8 Å². The lowest BCUT2D eigenvalue weighted by atomic mass is 10.0. The van der Waals surface area contributed by atoms with Crippen molar-refractivity contribution >= 4 is 43.5 Å². The molecular formula is C33H33BrFN3O4S. The molecule has 0 aromatic heterocycles. The van der Waals surface area contributed by atoms with Crippen LogP contribution in [0.2, 0.25) is 0 Å². The predicted molar refractivity (Wildman–Crippen MR) is 169 cm³/mol. The summed E-state index contributed by atoms with van der Waals surface area (Å²) < 4.78 is 44.6. The normalized spacial score (nSPS) is 12.0. The van der Waals surface area contributed by atoms with Gasteiger partial charge in [-0.2, -0.15) is 0 Å². The molecule has 0 saturated heterocycles. The molecule has 1 atom stereocenters. The molecule has 4 aromatic rings. The van der Waals surface area contributed by atoms with E-state index in [0.29, 0.717) is 0 Å². The Morgan fingerprint density at radius 1 is 0.837 bits per heavy atom. The van der Waals surface area contributed by atoms with Gasteiger partial charge in [-0.3, -0.25) is 13.9 Å². The van der Waals surface area contributed by atoms with Gasteiger partial charge < -0.3 is 10.2 Å². The van der Waals surface area contributed by atoms with E-state index in [9.17, 15) is 22.4 Å². The molecule has 0 heterocycles. The Hall–Kier alpha value is -4.02. The fourth-order valence-electron chi connectivity index (χ4n) is 4.60. The van der Waals surface area contributed by atoms with E-state index in [0.717, 1.165) is 14.3 Å². The first-order chi connectivity index (χ1) is 20.6. The fraction of sp³-hybridized carbons (Fsp3) is 0.212. The summed E-state index contributed by atoms with van der Waals surface area (Å²) >= 11 is 3.37. The molecule has 0 fully saturated rings. The zero-order valence-electron chi connectivity index (χ0n) is 23.9. The van der Waals surface area contributed by atoms with Crippen LogP contribution in [-0.2, 0) is 32.6 Å². The lowest BCUT2D eigenvalue weighted by Gasteiger charge is -2.34. The molecular weight excluding hydrogens is 633 g/mol. The molecule has 1 unspecified atom stereocenters. The number of nitrogens with one attached hydrogen (secondary N) is 1. The van der Waals surface area contributed by atoms with E-state index >= 15 is 0 Å². The molecule has 0 aliphatic rings. The zero-order valence-corrected chi connectivity index (χ0v) is 26.3. The summed E-state index contributed by atoms with van der Waals surface area (Å²) in [5.41, 5.74) is 1.25. The minimum Gasteiger partial charge on any atom is -0.352 e. The van der Waals surface area contributed by atoms with Gasteiger partial charge in [0.05, 0.1) is 10.6 Å². The van der Waals surface area contributed by atoms with Crippen molar-refractivity contribution < 1.29 is 22.4 Å². The maximum absolute atomic E-state index is 14.9. The molecule has 43 heavy (non-hydrogen) atoms. The van der Waals surface area contributed by atoms with E-state index in [1.165, 1.54) is 23.1 Å². The van der Waals surface area contributed by atoms with Crippen LogP contribution in [0.5, 0.6) is 0 Å². The molecule has 4 rings (SSSR count).